The van der Waals surface area contributed by atoms with Crippen molar-refractivity contribution in [2.45, 2.75) is 9.79 Å². The van der Waals surface area contributed by atoms with Crippen LogP contribution in [0.5, 0.6) is 0 Å². The summed E-state index contributed by atoms with van der Waals surface area (Å²) in [5.74, 6) is -0.793. The summed E-state index contributed by atoms with van der Waals surface area (Å²) in [5, 5.41) is 0.149. The van der Waals surface area contributed by atoms with Gasteiger partial charge in [-0.1, -0.05) is 18.2 Å². The van der Waals surface area contributed by atoms with Gasteiger partial charge in [0.25, 0.3) is 20.2 Å². The van der Waals surface area contributed by atoms with E-state index in [0.29, 0.717) is 0 Å². The van der Waals surface area contributed by atoms with Crippen molar-refractivity contribution in [3.63, 3.8) is 0 Å². The molecule has 0 bridgehead atoms. The highest BCUT2D eigenvalue weighted by Crippen LogP contribution is 2.34. The lowest BCUT2D eigenvalue weighted by Gasteiger charge is -2.14. The van der Waals surface area contributed by atoms with Gasteiger partial charge in [-0.15, -0.1) is 0 Å². The van der Waals surface area contributed by atoms with Gasteiger partial charge in [0.05, 0.1) is 16.1 Å². The van der Waals surface area contributed by atoms with Gasteiger partial charge in [-0.3, -0.25) is 13.9 Å². The second kappa shape index (κ2) is 6.56. The Labute approximate surface area is 160 Å². The maximum Gasteiger partial charge on any atom is 0.295 e. The van der Waals surface area contributed by atoms with Crippen molar-refractivity contribution in [3.8, 4) is 0 Å². The maximum atomic E-state index is 12.9. The summed E-state index contributed by atoms with van der Waals surface area (Å²) in [6.45, 7) is 0. The minimum absolute atomic E-state index is 0.00984. The summed E-state index contributed by atoms with van der Waals surface area (Å²) in [5.41, 5.74) is 11.2. The van der Waals surface area contributed by atoms with Crippen LogP contribution < -0.4 is 11.5 Å². The molecule has 0 aliphatic heterocycles. The fourth-order valence-corrected chi connectivity index (χ4v) is 4.06. The summed E-state index contributed by atoms with van der Waals surface area (Å²) in [6.07, 6.45) is 0. The van der Waals surface area contributed by atoms with E-state index in [1.807, 2.05) is 0 Å². The van der Waals surface area contributed by atoms with Crippen molar-refractivity contribution in [2.24, 2.45) is 0 Å². The van der Waals surface area contributed by atoms with Crippen molar-refractivity contribution in [3.05, 3.63) is 59.7 Å². The van der Waals surface area contributed by atoms with Crippen LogP contribution in [0.15, 0.2) is 58.3 Å². The molecule has 0 aromatic heterocycles. The Bertz CT molecular complexity index is 1350. The zero-order valence-electron chi connectivity index (χ0n) is 14.0. The number of ketones is 1. The van der Waals surface area contributed by atoms with Gasteiger partial charge in [-0.2, -0.15) is 16.8 Å². The molecule has 0 spiro atoms. The van der Waals surface area contributed by atoms with Gasteiger partial charge in [-0.05, 0) is 35.7 Å². The molecule has 3 aromatic rings. The predicted octanol–water partition coefficient (Wildman–Crippen LogP) is 1.73. The van der Waals surface area contributed by atoms with E-state index >= 15 is 0 Å². The average molecular weight is 422 g/mol. The van der Waals surface area contributed by atoms with Gasteiger partial charge in [0.2, 0.25) is 0 Å². The molecule has 0 aliphatic rings. The highest BCUT2D eigenvalue weighted by Gasteiger charge is 2.27. The van der Waals surface area contributed by atoms with Gasteiger partial charge < -0.3 is 11.5 Å². The van der Waals surface area contributed by atoms with Crippen molar-refractivity contribution < 1.29 is 30.7 Å². The molecule has 3 aromatic carbocycles. The SMILES string of the molecule is Nc1cccc(C(=O)c2c(S(=O)(=O)O)cc3cc(S(=O)(=O)O)ccc3c2N)c1. The van der Waals surface area contributed by atoms with Crippen LogP contribution in [0.3, 0.4) is 0 Å². The molecule has 0 heterocycles. The fourth-order valence-electron chi connectivity index (χ4n) is 2.81. The molecule has 0 amide bonds. The van der Waals surface area contributed by atoms with Crippen LogP contribution in [0.4, 0.5) is 11.4 Å². The van der Waals surface area contributed by atoms with Crippen molar-refractivity contribution in [1.82, 2.24) is 0 Å². The first-order valence-electron chi connectivity index (χ1n) is 7.61. The monoisotopic (exact) mass is 422 g/mol. The molecule has 0 radical (unpaired) electrons. The minimum atomic E-state index is -4.90. The first-order valence-corrected chi connectivity index (χ1v) is 10.5. The maximum absolute atomic E-state index is 12.9. The topological polar surface area (TPSA) is 178 Å². The van der Waals surface area contributed by atoms with Crippen molar-refractivity contribution >= 4 is 48.2 Å². The van der Waals surface area contributed by atoms with E-state index in [9.17, 15) is 30.7 Å². The molecule has 0 fully saturated rings. The highest BCUT2D eigenvalue weighted by molar-refractivity contribution is 7.86. The number of hydrogen-bond donors (Lipinski definition) is 4. The Hall–Kier alpha value is -2.99. The van der Waals surface area contributed by atoms with Crippen LogP contribution >= 0.6 is 0 Å². The molecule has 0 unspecified atom stereocenters. The molecular formula is C17H14N2O7S2. The molecule has 3 rings (SSSR count). The van der Waals surface area contributed by atoms with E-state index in [-0.39, 0.29) is 27.7 Å². The summed E-state index contributed by atoms with van der Waals surface area (Å²) < 4.78 is 65.2. The zero-order chi connectivity index (χ0) is 20.9. The standard InChI is InChI=1S/C17H14N2O7S2/c18-11-3-1-2-9(6-11)17(20)15-14(28(24,25)26)8-10-7-12(27(21,22)23)4-5-13(10)16(15)19/h1-8H,18-19H2,(H,21,22,23)(H,24,25,26). The van der Waals surface area contributed by atoms with Gasteiger partial charge in [-0.25, -0.2) is 0 Å². The molecule has 28 heavy (non-hydrogen) atoms. The van der Waals surface area contributed by atoms with E-state index < -0.39 is 41.4 Å². The zero-order valence-corrected chi connectivity index (χ0v) is 15.7. The normalized spacial score (nSPS) is 12.2. The smallest absolute Gasteiger partial charge is 0.295 e. The van der Waals surface area contributed by atoms with Crippen LogP contribution in [0, 0.1) is 0 Å². The molecule has 0 saturated heterocycles. The second-order valence-electron chi connectivity index (χ2n) is 5.95. The average Bonchev–Trinajstić information content (AvgIpc) is 2.59. The number of hydrogen-bond acceptors (Lipinski definition) is 7. The summed E-state index contributed by atoms with van der Waals surface area (Å²) >= 11 is 0. The fraction of sp³-hybridized carbons (Fsp3) is 0. The van der Waals surface area contributed by atoms with E-state index in [0.717, 1.165) is 18.2 Å². The Morgan fingerprint density at radius 3 is 2.11 bits per heavy atom. The summed E-state index contributed by atoms with van der Waals surface area (Å²) in [7, 11) is -9.47. The van der Waals surface area contributed by atoms with E-state index in [1.54, 1.807) is 0 Å². The molecule has 0 aliphatic carbocycles. The third-order valence-corrected chi connectivity index (χ3v) is 5.79. The quantitative estimate of drug-likeness (QED) is 0.277. The molecule has 146 valence electrons. The molecule has 0 atom stereocenters. The van der Waals surface area contributed by atoms with Crippen LogP contribution in [0.1, 0.15) is 15.9 Å². The summed E-state index contributed by atoms with van der Waals surface area (Å²) in [4.78, 5) is 11.6. The molecule has 0 saturated carbocycles. The van der Waals surface area contributed by atoms with Crippen molar-refractivity contribution in [1.29, 1.82) is 0 Å². The van der Waals surface area contributed by atoms with Crippen molar-refractivity contribution in [2.75, 3.05) is 11.5 Å². The Kier molecular flexibility index (Phi) is 4.63. The largest absolute Gasteiger partial charge is 0.399 e. The van der Waals surface area contributed by atoms with E-state index in [2.05, 4.69) is 0 Å². The molecule has 11 heteroatoms. The van der Waals surface area contributed by atoms with Gasteiger partial charge in [0.1, 0.15) is 4.90 Å². The second-order valence-corrected chi connectivity index (χ2v) is 8.76. The highest BCUT2D eigenvalue weighted by atomic mass is 32.2. The van der Waals surface area contributed by atoms with Crippen LogP contribution in [-0.2, 0) is 20.2 Å². The number of benzene rings is 3. The number of nitrogens with two attached hydrogens (primary N) is 2. The molecule has 6 N–H and O–H groups in total. The third kappa shape index (κ3) is 3.55. The number of carbonyl (C=O) groups is 1. The molecule has 9 nitrogen and oxygen atoms in total. The van der Waals surface area contributed by atoms with Crippen LogP contribution in [0.25, 0.3) is 10.8 Å². The third-order valence-electron chi connectivity index (χ3n) is 4.07. The Balaban J connectivity index is 2.39. The number of carbonyl (C=O) groups excluding carboxylic acids is 1. The van der Waals surface area contributed by atoms with Crippen LogP contribution in [-0.4, -0.2) is 31.7 Å². The van der Waals surface area contributed by atoms with E-state index in [4.69, 9.17) is 11.5 Å². The first kappa shape index (κ1) is 19.8. The lowest BCUT2D eigenvalue weighted by Crippen LogP contribution is -2.13. The lowest BCUT2D eigenvalue weighted by atomic mass is 9.97. The van der Waals surface area contributed by atoms with Crippen LogP contribution in [0.2, 0.25) is 0 Å². The number of anilines is 2. The summed E-state index contributed by atoms with van der Waals surface area (Å²) in [6, 6.07) is 9.90. The van der Waals surface area contributed by atoms with Gasteiger partial charge in [0, 0.05) is 16.6 Å². The number of nitrogen functional groups attached to an aromatic ring is 2. The molecular weight excluding hydrogens is 408 g/mol. The van der Waals surface area contributed by atoms with Gasteiger partial charge >= 0.3 is 0 Å². The van der Waals surface area contributed by atoms with E-state index in [1.165, 1.54) is 30.3 Å². The van der Waals surface area contributed by atoms with Gasteiger partial charge in [0.15, 0.2) is 5.78 Å². The number of fused-ring (bicyclic) bond motifs is 1. The first-order chi connectivity index (χ1) is 12.9. The Morgan fingerprint density at radius 1 is 0.857 bits per heavy atom. The predicted molar refractivity (Wildman–Crippen MR) is 102 cm³/mol. The Morgan fingerprint density at radius 2 is 1.54 bits per heavy atom. The minimum Gasteiger partial charge on any atom is -0.399 e. The lowest BCUT2D eigenvalue weighted by molar-refractivity contribution is 0.103. The number of rotatable bonds is 4.